The molecule has 0 bridgehead atoms. The molecule has 0 aromatic heterocycles. The standard InChI is InChI=1S/C10H10Cl6N2O6/c1-3-22-18-5(10(14,15)16)23-7(20)8(2,24-17)6(19)21-4-9(11,12)13/h3-4H2,1-2H3. The summed E-state index contributed by atoms with van der Waals surface area (Å²) >= 11 is 32.8. The van der Waals surface area contributed by atoms with E-state index in [-0.39, 0.29) is 6.61 Å². The van der Waals surface area contributed by atoms with Gasteiger partial charge in [-0.1, -0.05) is 69.6 Å². The molecule has 0 spiro atoms. The Kier molecular flexibility index (Phi) is 9.71. The summed E-state index contributed by atoms with van der Waals surface area (Å²) in [6, 6.07) is 0. The van der Waals surface area contributed by atoms with E-state index in [0.717, 1.165) is 6.92 Å². The molecule has 0 rings (SSSR count). The van der Waals surface area contributed by atoms with Crippen molar-refractivity contribution in [3.63, 3.8) is 0 Å². The Morgan fingerprint density at radius 3 is 2.00 bits per heavy atom. The van der Waals surface area contributed by atoms with E-state index in [2.05, 4.69) is 24.3 Å². The quantitative estimate of drug-likeness (QED) is 0.149. The summed E-state index contributed by atoms with van der Waals surface area (Å²) in [4.78, 5) is 32.4. The average Bonchev–Trinajstić information content (AvgIpc) is 2.45. The Morgan fingerprint density at radius 2 is 1.62 bits per heavy atom. The van der Waals surface area contributed by atoms with Gasteiger partial charge in [-0.25, -0.2) is 14.4 Å². The number of alkyl halides is 6. The van der Waals surface area contributed by atoms with Crippen LogP contribution < -0.4 is 5.90 Å². The highest BCUT2D eigenvalue weighted by molar-refractivity contribution is 6.76. The molecule has 0 aromatic rings. The number of nitrogens with zero attached hydrogens (tertiary/aromatic N) is 2. The van der Waals surface area contributed by atoms with Gasteiger partial charge in [-0.05, 0) is 19.0 Å². The maximum absolute atomic E-state index is 12.1. The van der Waals surface area contributed by atoms with Crippen LogP contribution in [0, 0.1) is 0 Å². The van der Waals surface area contributed by atoms with Crippen molar-refractivity contribution in [1.29, 1.82) is 0 Å². The molecule has 0 aliphatic rings. The molecule has 0 fully saturated rings. The average molecular weight is 467 g/mol. The van der Waals surface area contributed by atoms with Gasteiger partial charge in [0.15, 0.2) is 0 Å². The summed E-state index contributed by atoms with van der Waals surface area (Å²) in [7, 11) is 0. The van der Waals surface area contributed by atoms with Crippen molar-refractivity contribution in [2.24, 2.45) is 5.16 Å². The van der Waals surface area contributed by atoms with E-state index in [1.54, 1.807) is 6.92 Å². The van der Waals surface area contributed by atoms with Crippen molar-refractivity contribution in [3.05, 3.63) is 0 Å². The van der Waals surface area contributed by atoms with Crippen molar-refractivity contribution < 1.29 is 28.7 Å². The minimum absolute atomic E-state index is 0.0564. The Labute approximate surface area is 167 Å². The fraction of sp³-hybridized carbons (Fsp3) is 0.700. The van der Waals surface area contributed by atoms with Crippen molar-refractivity contribution in [2.75, 3.05) is 13.2 Å². The first-order valence-electron chi connectivity index (χ1n) is 5.84. The number of ether oxygens (including phenoxy) is 2. The lowest BCUT2D eigenvalue weighted by Crippen LogP contribution is -2.50. The second kappa shape index (κ2) is 9.68. The zero-order valence-corrected chi connectivity index (χ0v) is 16.6. The molecule has 0 saturated heterocycles. The second-order valence-corrected chi connectivity index (χ2v) is 8.81. The van der Waals surface area contributed by atoms with Gasteiger partial charge in [0.05, 0.1) is 0 Å². The van der Waals surface area contributed by atoms with Gasteiger partial charge in [-0.15, -0.1) is 0 Å². The normalized spacial score (nSPS) is 15.5. The van der Waals surface area contributed by atoms with E-state index in [4.69, 9.17) is 75.5 Å². The Morgan fingerprint density at radius 1 is 1.08 bits per heavy atom. The number of carbonyl (C=O) groups is 2. The van der Waals surface area contributed by atoms with E-state index in [1.165, 1.54) is 0 Å². The lowest BCUT2D eigenvalue weighted by Gasteiger charge is -2.23. The number of halogens is 6. The first-order valence-corrected chi connectivity index (χ1v) is 8.10. The highest BCUT2D eigenvalue weighted by Gasteiger charge is 2.50. The van der Waals surface area contributed by atoms with Crippen LogP contribution in [0.2, 0.25) is 0 Å². The van der Waals surface area contributed by atoms with Crippen molar-refractivity contribution in [2.45, 2.75) is 27.0 Å². The first-order chi connectivity index (χ1) is 10.8. The number of carbonyl (C=O) groups excluding carboxylic acids is 2. The predicted molar refractivity (Wildman–Crippen MR) is 88.3 cm³/mol. The number of hydrogen-bond donors (Lipinski definition) is 0. The Balaban J connectivity index is 5.27. The third-order valence-corrected chi connectivity index (χ3v) is 2.85. The zero-order valence-electron chi connectivity index (χ0n) is 12.0. The third-order valence-electron chi connectivity index (χ3n) is 2.04. The highest BCUT2D eigenvalue weighted by atomic mass is 35.6. The Hall–Kier alpha value is 0.0700. The monoisotopic (exact) mass is 464 g/mol. The van der Waals surface area contributed by atoms with Crippen molar-refractivity contribution in [3.8, 4) is 0 Å². The lowest BCUT2D eigenvalue weighted by atomic mass is 10.1. The molecule has 1 unspecified atom stereocenters. The van der Waals surface area contributed by atoms with Gasteiger partial charge >= 0.3 is 11.9 Å². The van der Waals surface area contributed by atoms with E-state index in [0.29, 0.717) is 0 Å². The molecule has 0 aliphatic carbocycles. The maximum atomic E-state index is 12.1. The van der Waals surface area contributed by atoms with Crippen LogP contribution in [0.25, 0.3) is 0 Å². The van der Waals surface area contributed by atoms with Gasteiger partial charge in [0.25, 0.3) is 15.3 Å². The molecule has 0 amide bonds. The van der Waals surface area contributed by atoms with Crippen LogP contribution in [0.3, 0.4) is 0 Å². The predicted octanol–water partition coefficient (Wildman–Crippen LogP) is 2.92. The molecule has 2 radical (unpaired) electrons. The topological polar surface area (TPSA) is 106 Å². The van der Waals surface area contributed by atoms with Gasteiger partial charge in [-0.3, -0.25) is 0 Å². The van der Waals surface area contributed by atoms with E-state index in [1.807, 2.05) is 0 Å². The number of rotatable bonds is 6. The molecule has 24 heavy (non-hydrogen) atoms. The SMILES string of the molecule is CCON=C(OC(=O)C(C)(O[N])C(=O)OCC(Cl)(Cl)Cl)C(Cl)(Cl)Cl. The number of oxime groups is 1. The number of esters is 2. The van der Waals surface area contributed by atoms with Gasteiger partial charge in [0.1, 0.15) is 13.2 Å². The Bertz CT molecular complexity index is 491. The van der Waals surface area contributed by atoms with Gasteiger partial charge in [0, 0.05) is 5.90 Å². The van der Waals surface area contributed by atoms with Crippen LogP contribution in [0.15, 0.2) is 5.16 Å². The first kappa shape index (κ1) is 24.1. The summed E-state index contributed by atoms with van der Waals surface area (Å²) in [6.07, 6.45) is 0. The zero-order chi connectivity index (χ0) is 19.2. The molecule has 0 saturated carbocycles. The van der Waals surface area contributed by atoms with Gasteiger partial charge in [0.2, 0.25) is 3.79 Å². The molecule has 0 aromatic carbocycles. The van der Waals surface area contributed by atoms with Gasteiger partial charge < -0.3 is 14.3 Å². The van der Waals surface area contributed by atoms with Crippen molar-refractivity contribution in [1.82, 2.24) is 5.90 Å². The molecule has 8 nitrogen and oxygen atoms in total. The summed E-state index contributed by atoms with van der Waals surface area (Å²) in [5.74, 6) is 5.06. The molecule has 0 aliphatic heterocycles. The summed E-state index contributed by atoms with van der Waals surface area (Å²) in [6.45, 7) is 1.66. The third kappa shape index (κ3) is 7.97. The van der Waals surface area contributed by atoms with Crippen LogP contribution in [0.4, 0.5) is 0 Å². The smallest absolute Gasteiger partial charge is 0.359 e. The highest BCUT2D eigenvalue weighted by Crippen LogP contribution is 2.30. The minimum atomic E-state index is -2.68. The maximum Gasteiger partial charge on any atom is 0.359 e. The summed E-state index contributed by atoms with van der Waals surface area (Å²) in [5.41, 5.74) is -2.68. The van der Waals surface area contributed by atoms with Crippen LogP contribution in [0.5, 0.6) is 0 Å². The molecule has 14 heteroatoms. The van der Waals surface area contributed by atoms with Gasteiger partial charge in [-0.2, -0.15) is 0 Å². The summed E-state index contributed by atoms with van der Waals surface area (Å²) < 4.78 is 4.89. The van der Waals surface area contributed by atoms with Crippen molar-refractivity contribution >= 4 is 87.4 Å². The lowest BCUT2D eigenvalue weighted by molar-refractivity contribution is -0.186. The summed E-state index contributed by atoms with van der Waals surface area (Å²) in [5, 5.41) is 3.27. The molecule has 138 valence electrons. The van der Waals surface area contributed by atoms with Crippen LogP contribution in [-0.2, 0) is 28.7 Å². The fourth-order valence-electron chi connectivity index (χ4n) is 0.880. The second-order valence-electron chi connectivity index (χ2n) is 4.02. The van der Waals surface area contributed by atoms with Crippen LogP contribution in [0.1, 0.15) is 13.8 Å². The molecule has 1 atom stereocenters. The molecular formula is C10H10Cl6N2O6. The van der Waals surface area contributed by atoms with Crippen LogP contribution >= 0.6 is 69.6 Å². The fourth-order valence-corrected chi connectivity index (χ4v) is 1.26. The molecule has 0 N–H and O–H groups in total. The minimum Gasteiger partial charge on any atom is -0.458 e. The number of hydrogen-bond acceptors (Lipinski definition) is 7. The van der Waals surface area contributed by atoms with E-state index in [9.17, 15) is 9.59 Å². The van der Waals surface area contributed by atoms with E-state index >= 15 is 0 Å². The molecule has 0 heterocycles. The largest absolute Gasteiger partial charge is 0.458 e. The molecular weight excluding hydrogens is 457 g/mol. The van der Waals surface area contributed by atoms with Crippen LogP contribution in [-0.4, -0.2) is 44.2 Å². The van der Waals surface area contributed by atoms with E-state index < -0.39 is 37.6 Å².